The van der Waals surface area contributed by atoms with Gasteiger partial charge in [0.25, 0.3) is 0 Å². The van der Waals surface area contributed by atoms with Gasteiger partial charge in [0.2, 0.25) is 10.0 Å². The average Bonchev–Trinajstić information content (AvgIpc) is 2.79. The third kappa shape index (κ3) is 4.25. The van der Waals surface area contributed by atoms with Crippen molar-refractivity contribution < 1.29 is 13.5 Å². The summed E-state index contributed by atoms with van der Waals surface area (Å²) in [6, 6.07) is 16.3. The zero-order valence-corrected chi connectivity index (χ0v) is 18.1. The summed E-state index contributed by atoms with van der Waals surface area (Å²) in [5.41, 5.74) is 1.75. The van der Waals surface area contributed by atoms with E-state index in [9.17, 15) is 18.8 Å². The van der Waals surface area contributed by atoms with Crippen LogP contribution in [0.25, 0.3) is 0 Å². The molecule has 2 aromatic carbocycles. The van der Waals surface area contributed by atoms with E-state index >= 15 is 0 Å². The molecule has 0 unspecified atom stereocenters. The molecule has 1 saturated carbocycles. The molecule has 2 aromatic rings. The number of aliphatic hydroxyl groups is 1. The van der Waals surface area contributed by atoms with Gasteiger partial charge in [-0.15, -0.1) is 0 Å². The van der Waals surface area contributed by atoms with Crippen molar-refractivity contribution in [2.24, 2.45) is 5.92 Å². The van der Waals surface area contributed by atoms with Crippen LogP contribution >= 0.6 is 0 Å². The fraction of sp³-hybridized carbons (Fsp3) is 0.400. The minimum absolute atomic E-state index is 0.125. The Labute approximate surface area is 184 Å². The van der Waals surface area contributed by atoms with Crippen molar-refractivity contribution >= 4 is 10.0 Å². The van der Waals surface area contributed by atoms with Gasteiger partial charge in [0.15, 0.2) is 0 Å². The number of rotatable bonds is 4. The SMILES string of the molecule is N#C[C@H]1[C@@H](c2ccc(C#CC3CCCCC3)cc2)[C@H](CO)N1S(=O)(=O)c1ccccc1. The summed E-state index contributed by atoms with van der Waals surface area (Å²) in [6.07, 6.45) is 6.14. The van der Waals surface area contributed by atoms with Gasteiger partial charge in [-0.05, 0) is 42.7 Å². The first-order valence-electron chi connectivity index (χ1n) is 10.8. The third-order valence-electron chi connectivity index (χ3n) is 6.32. The summed E-state index contributed by atoms with van der Waals surface area (Å²) >= 11 is 0. The predicted octanol–water partition coefficient (Wildman–Crippen LogP) is 3.66. The molecule has 1 saturated heterocycles. The number of hydrogen-bond acceptors (Lipinski definition) is 4. The molecule has 31 heavy (non-hydrogen) atoms. The highest BCUT2D eigenvalue weighted by Gasteiger charge is 2.55. The third-order valence-corrected chi connectivity index (χ3v) is 8.24. The van der Waals surface area contributed by atoms with E-state index in [2.05, 4.69) is 17.9 Å². The Hall–Kier alpha value is -2.64. The summed E-state index contributed by atoms with van der Waals surface area (Å²) < 4.78 is 27.3. The molecule has 160 valence electrons. The molecule has 0 spiro atoms. The number of nitrogens with zero attached hydrogens (tertiary/aromatic N) is 2. The first kappa shape index (κ1) is 21.6. The standard InChI is InChI=1S/C25H26N2O3S/c26-17-23-25(24(18-28)27(23)31(29,30)22-9-5-2-6-10-22)21-15-13-20(14-16-21)12-11-19-7-3-1-4-8-19/h2,5-6,9-10,13-16,19,23-25,28H,1,3-4,7-8,18H2/t23-,24-,25+/m0/s1. The maximum atomic E-state index is 13.1. The smallest absolute Gasteiger partial charge is 0.244 e. The maximum Gasteiger partial charge on any atom is 0.244 e. The molecule has 3 atom stereocenters. The number of aliphatic hydroxyl groups excluding tert-OH is 1. The lowest BCUT2D eigenvalue weighted by atomic mass is 9.78. The molecule has 2 fully saturated rings. The Morgan fingerprint density at radius 2 is 1.68 bits per heavy atom. The number of sulfonamides is 1. The van der Waals surface area contributed by atoms with Gasteiger partial charge in [-0.25, -0.2) is 8.42 Å². The van der Waals surface area contributed by atoms with Crippen molar-refractivity contribution in [1.82, 2.24) is 4.31 Å². The van der Waals surface area contributed by atoms with Gasteiger partial charge in [0, 0.05) is 17.4 Å². The van der Waals surface area contributed by atoms with E-state index in [1.807, 2.05) is 24.3 Å². The average molecular weight is 435 g/mol. The largest absolute Gasteiger partial charge is 0.395 e. The minimum Gasteiger partial charge on any atom is -0.395 e. The van der Waals surface area contributed by atoms with Crippen LogP contribution in [-0.2, 0) is 10.0 Å². The monoisotopic (exact) mass is 434 g/mol. The van der Waals surface area contributed by atoms with Crippen LogP contribution in [-0.4, -0.2) is 36.5 Å². The Morgan fingerprint density at radius 3 is 2.29 bits per heavy atom. The van der Waals surface area contributed by atoms with Gasteiger partial charge in [-0.2, -0.15) is 9.57 Å². The molecule has 0 aromatic heterocycles. The Balaban J connectivity index is 1.54. The molecule has 5 nitrogen and oxygen atoms in total. The first-order chi connectivity index (χ1) is 15.1. The predicted molar refractivity (Wildman–Crippen MR) is 118 cm³/mol. The van der Waals surface area contributed by atoms with Crippen molar-refractivity contribution in [3.05, 3.63) is 65.7 Å². The normalized spacial score (nSPS) is 24.5. The molecule has 0 radical (unpaired) electrons. The van der Waals surface area contributed by atoms with Crippen LogP contribution < -0.4 is 0 Å². The molecule has 1 aliphatic carbocycles. The molecule has 2 aliphatic rings. The van der Waals surface area contributed by atoms with Crippen molar-refractivity contribution in [1.29, 1.82) is 5.26 Å². The molecule has 6 heteroatoms. The Morgan fingerprint density at radius 1 is 1.00 bits per heavy atom. The molecule has 1 N–H and O–H groups in total. The lowest BCUT2D eigenvalue weighted by Gasteiger charge is -2.50. The van der Waals surface area contributed by atoms with Crippen LogP contribution in [0.3, 0.4) is 0 Å². The number of benzene rings is 2. The first-order valence-corrected chi connectivity index (χ1v) is 12.2. The molecular formula is C25H26N2O3S. The van der Waals surface area contributed by atoms with Gasteiger partial charge in [-0.1, -0.05) is 61.4 Å². The van der Waals surface area contributed by atoms with Gasteiger partial charge >= 0.3 is 0 Å². The van der Waals surface area contributed by atoms with Gasteiger partial charge in [0.1, 0.15) is 6.04 Å². The zero-order chi connectivity index (χ0) is 21.8. The fourth-order valence-corrected chi connectivity index (χ4v) is 6.41. The Bertz CT molecular complexity index is 1110. The van der Waals surface area contributed by atoms with E-state index in [-0.39, 0.29) is 17.4 Å². The van der Waals surface area contributed by atoms with Gasteiger partial charge in [0.05, 0.1) is 23.6 Å². The lowest BCUT2D eigenvalue weighted by molar-refractivity contribution is 0.0557. The topological polar surface area (TPSA) is 81.4 Å². The van der Waals surface area contributed by atoms with Crippen molar-refractivity contribution in [2.75, 3.05) is 6.61 Å². The number of nitriles is 1. The quantitative estimate of drug-likeness (QED) is 0.745. The highest BCUT2D eigenvalue weighted by atomic mass is 32.2. The second-order valence-electron chi connectivity index (χ2n) is 8.22. The van der Waals surface area contributed by atoms with Crippen LogP contribution in [0, 0.1) is 29.1 Å². The van der Waals surface area contributed by atoms with Crippen molar-refractivity contribution in [3.63, 3.8) is 0 Å². The molecular weight excluding hydrogens is 408 g/mol. The van der Waals surface area contributed by atoms with E-state index in [0.717, 1.165) is 15.4 Å². The molecule has 1 aliphatic heterocycles. The minimum atomic E-state index is -3.87. The summed E-state index contributed by atoms with van der Waals surface area (Å²) in [7, 11) is -3.87. The summed E-state index contributed by atoms with van der Waals surface area (Å²) in [4.78, 5) is 0.125. The zero-order valence-electron chi connectivity index (χ0n) is 17.3. The Kier molecular flexibility index (Phi) is 6.43. The molecule has 4 rings (SSSR count). The molecule has 0 amide bonds. The van der Waals surface area contributed by atoms with E-state index < -0.39 is 22.1 Å². The molecule has 1 heterocycles. The van der Waals surface area contributed by atoms with E-state index in [4.69, 9.17) is 0 Å². The van der Waals surface area contributed by atoms with Crippen LogP contribution in [0.15, 0.2) is 59.5 Å². The van der Waals surface area contributed by atoms with Crippen LogP contribution in [0.2, 0.25) is 0 Å². The lowest BCUT2D eigenvalue weighted by Crippen LogP contribution is -2.64. The van der Waals surface area contributed by atoms with Crippen LogP contribution in [0.5, 0.6) is 0 Å². The summed E-state index contributed by atoms with van der Waals surface area (Å²) in [5, 5.41) is 19.7. The second-order valence-corrected chi connectivity index (χ2v) is 10.1. The summed E-state index contributed by atoms with van der Waals surface area (Å²) in [5.74, 6) is 6.71. The maximum absolute atomic E-state index is 13.1. The second kappa shape index (κ2) is 9.24. The van der Waals surface area contributed by atoms with E-state index in [1.54, 1.807) is 18.2 Å². The van der Waals surface area contributed by atoms with Crippen LogP contribution in [0.1, 0.15) is 49.1 Å². The number of hydrogen-bond donors (Lipinski definition) is 1. The summed E-state index contributed by atoms with van der Waals surface area (Å²) in [6.45, 7) is -0.349. The van der Waals surface area contributed by atoms with E-state index in [0.29, 0.717) is 5.92 Å². The molecule has 0 bridgehead atoms. The fourth-order valence-electron chi connectivity index (χ4n) is 4.63. The van der Waals surface area contributed by atoms with Crippen LogP contribution in [0.4, 0.5) is 0 Å². The van der Waals surface area contributed by atoms with Crippen molar-refractivity contribution in [3.8, 4) is 17.9 Å². The van der Waals surface area contributed by atoms with Crippen molar-refractivity contribution in [2.45, 2.75) is 55.0 Å². The highest BCUT2D eigenvalue weighted by Crippen LogP contribution is 2.43. The highest BCUT2D eigenvalue weighted by molar-refractivity contribution is 7.89. The van der Waals surface area contributed by atoms with E-state index in [1.165, 1.54) is 44.2 Å². The van der Waals surface area contributed by atoms with Gasteiger partial charge < -0.3 is 5.11 Å². The van der Waals surface area contributed by atoms with Gasteiger partial charge in [-0.3, -0.25) is 0 Å².